The minimum absolute atomic E-state index is 0.613. The Bertz CT molecular complexity index is 707. The summed E-state index contributed by atoms with van der Waals surface area (Å²) < 4.78 is 0. The van der Waals surface area contributed by atoms with Crippen molar-refractivity contribution < 1.29 is 0 Å². The van der Waals surface area contributed by atoms with E-state index in [0.29, 0.717) is 5.82 Å². The molecule has 1 heterocycles. The number of nitrogens with one attached hydrogen (secondary N) is 1. The van der Waals surface area contributed by atoms with Crippen LogP contribution in [0.5, 0.6) is 0 Å². The van der Waals surface area contributed by atoms with Gasteiger partial charge in [-0.2, -0.15) is 5.10 Å². The largest absolute Gasteiger partial charge is 0.260 e. The van der Waals surface area contributed by atoms with Crippen LogP contribution in [0.2, 0.25) is 0 Å². The van der Waals surface area contributed by atoms with E-state index >= 15 is 0 Å². The summed E-state index contributed by atoms with van der Waals surface area (Å²) in [5.74, 6) is 0.613. The summed E-state index contributed by atoms with van der Waals surface area (Å²) >= 11 is 0. The first kappa shape index (κ1) is 13.0. The van der Waals surface area contributed by atoms with Gasteiger partial charge in [0, 0.05) is 5.56 Å². The molecule has 0 saturated carbocycles. The SMILES string of the molecule is C(=NNc1ccc(-c2ccccc2)nn1)c1ccccc1. The van der Waals surface area contributed by atoms with Gasteiger partial charge in [0.2, 0.25) is 0 Å². The van der Waals surface area contributed by atoms with E-state index in [0.717, 1.165) is 16.8 Å². The monoisotopic (exact) mass is 274 g/mol. The molecular formula is C17H14N4. The van der Waals surface area contributed by atoms with Gasteiger partial charge in [-0.1, -0.05) is 60.7 Å². The number of benzene rings is 2. The summed E-state index contributed by atoms with van der Waals surface area (Å²) in [7, 11) is 0. The summed E-state index contributed by atoms with van der Waals surface area (Å²) in [5.41, 5.74) is 5.78. The third-order valence-corrected chi connectivity index (χ3v) is 2.93. The molecule has 4 heteroatoms. The van der Waals surface area contributed by atoms with Gasteiger partial charge in [-0.3, -0.25) is 5.43 Å². The second-order valence-corrected chi connectivity index (χ2v) is 4.45. The molecule has 0 spiro atoms. The zero-order chi connectivity index (χ0) is 14.3. The van der Waals surface area contributed by atoms with Gasteiger partial charge in [-0.25, -0.2) is 0 Å². The van der Waals surface area contributed by atoms with Crippen LogP contribution in [0.25, 0.3) is 11.3 Å². The normalized spacial score (nSPS) is 10.7. The molecule has 1 aromatic heterocycles. The lowest BCUT2D eigenvalue weighted by molar-refractivity contribution is 1.03. The van der Waals surface area contributed by atoms with Crippen molar-refractivity contribution in [2.75, 3.05) is 5.43 Å². The Morgan fingerprint density at radius 1 is 0.762 bits per heavy atom. The van der Waals surface area contributed by atoms with Gasteiger partial charge in [-0.15, -0.1) is 10.2 Å². The Kier molecular flexibility index (Phi) is 3.98. The maximum Gasteiger partial charge on any atom is 0.168 e. The molecule has 4 nitrogen and oxygen atoms in total. The van der Waals surface area contributed by atoms with Crippen LogP contribution >= 0.6 is 0 Å². The minimum Gasteiger partial charge on any atom is -0.260 e. The smallest absolute Gasteiger partial charge is 0.168 e. The molecule has 21 heavy (non-hydrogen) atoms. The maximum absolute atomic E-state index is 4.19. The molecule has 0 amide bonds. The van der Waals surface area contributed by atoms with Crippen LogP contribution in [0.3, 0.4) is 0 Å². The van der Waals surface area contributed by atoms with Crippen molar-refractivity contribution in [2.24, 2.45) is 5.10 Å². The van der Waals surface area contributed by atoms with E-state index in [1.807, 2.05) is 72.8 Å². The first-order valence-corrected chi connectivity index (χ1v) is 6.65. The molecule has 3 rings (SSSR count). The average molecular weight is 274 g/mol. The quantitative estimate of drug-likeness (QED) is 0.584. The van der Waals surface area contributed by atoms with Crippen LogP contribution in [0.4, 0.5) is 5.82 Å². The van der Waals surface area contributed by atoms with E-state index in [1.54, 1.807) is 6.21 Å². The minimum atomic E-state index is 0.613. The van der Waals surface area contributed by atoms with E-state index in [4.69, 9.17) is 0 Å². The molecule has 0 fully saturated rings. The number of rotatable bonds is 4. The number of hydrogen-bond donors (Lipinski definition) is 1. The Morgan fingerprint density at radius 3 is 2.14 bits per heavy atom. The van der Waals surface area contributed by atoms with Gasteiger partial charge >= 0.3 is 0 Å². The molecule has 0 atom stereocenters. The van der Waals surface area contributed by atoms with Gasteiger partial charge in [-0.05, 0) is 17.7 Å². The van der Waals surface area contributed by atoms with Crippen molar-refractivity contribution in [1.82, 2.24) is 10.2 Å². The van der Waals surface area contributed by atoms with Crippen LogP contribution < -0.4 is 5.43 Å². The van der Waals surface area contributed by atoms with E-state index in [-0.39, 0.29) is 0 Å². The molecule has 1 N–H and O–H groups in total. The number of aromatic nitrogens is 2. The molecule has 0 aliphatic heterocycles. The lowest BCUT2D eigenvalue weighted by Crippen LogP contribution is -1.96. The lowest BCUT2D eigenvalue weighted by atomic mass is 10.1. The first-order chi connectivity index (χ1) is 10.4. The Labute approximate surface area is 123 Å². The average Bonchev–Trinajstić information content (AvgIpc) is 2.57. The van der Waals surface area contributed by atoms with E-state index < -0.39 is 0 Å². The van der Waals surface area contributed by atoms with E-state index in [2.05, 4.69) is 20.7 Å². The third-order valence-electron chi connectivity index (χ3n) is 2.93. The fourth-order valence-corrected chi connectivity index (χ4v) is 1.87. The second kappa shape index (κ2) is 6.43. The number of hydrogen-bond acceptors (Lipinski definition) is 4. The molecule has 0 unspecified atom stereocenters. The third kappa shape index (κ3) is 3.51. The van der Waals surface area contributed by atoms with Gasteiger partial charge < -0.3 is 0 Å². The summed E-state index contributed by atoms with van der Waals surface area (Å²) in [6.45, 7) is 0. The Balaban J connectivity index is 1.66. The summed E-state index contributed by atoms with van der Waals surface area (Å²) in [6, 6.07) is 23.6. The van der Waals surface area contributed by atoms with Gasteiger partial charge in [0.05, 0.1) is 11.9 Å². The molecule has 0 aliphatic carbocycles. The predicted octanol–water partition coefficient (Wildman–Crippen LogP) is 3.59. The zero-order valence-corrected chi connectivity index (χ0v) is 11.3. The van der Waals surface area contributed by atoms with E-state index in [1.165, 1.54) is 0 Å². The van der Waals surface area contributed by atoms with Crippen molar-refractivity contribution in [3.8, 4) is 11.3 Å². The molecule has 0 aliphatic rings. The molecule has 3 aromatic rings. The van der Waals surface area contributed by atoms with Crippen molar-refractivity contribution in [2.45, 2.75) is 0 Å². The van der Waals surface area contributed by atoms with Gasteiger partial charge in [0.1, 0.15) is 0 Å². The summed E-state index contributed by atoms with van der Waals surface area (Å²) in [4.78, 5) is 0. The molecular weight excluding hydrogens is 260 g/mol. The van der Waals surface area contributed by atoms with Crippen molar-refractivity contribution in [1.29, 1.82) is 0 Å². The highest BCUT2D eigenvalue weighted by Crippen LogP contribution is 2.16. The maximum atomic E-state index is 4.19. The summed E-state index contributed by atoms with van der Waals surface area (Å²) in [5, 5.41) is 12.4. The van der Waals surface area contributed by atoms with Crippen molar-refractivity contribution in [3.63, 3.8) is 0 Å². The molecule has 0 radical (unpaired) electrons. The van der Waals surface area contributed by atoms with Crippen molar-refractivity contribution >= 4 is 12.0 Å². The number of anilines is 1. The fraction of sp³-hybridized carbons (Fsp3) is 0. The molecule has 0 saturated heterocycles. The molecule has 2 aromatic carbocycles. The molecule has 0 bridgehead atoms. The first-order valence-electron chi connectivity index (χ1n) is 6.65. The molecule has 102 valence electrons. The summed E-state index contributed by atoms with van der Waals surface area (Å²) in [6.07, 6.45) is 1.74. The standard InChI is InChI=1S/C17H14N4/c1-3-7-14(8-4-1)13-18-20-17-12-11-16(19-21-17)15-9-5-2-6-10-15/h1-13H,(H,20,21). The van der Waals surface area contributed by atoms with Crippen LogP contribution in [-0.4, -0.2) is 16.4 Å². The van der Waals surface area contributed by atoms with E-state index in [9.17, 15) is 0 Å². The van der Waals surface area contributed by atoms with Crippen LogP contribution in [0, 0.1) is 0 Å². The van der Waals surface area contributed by atoms with Crippen LogP contribution in [-0.2, 0) is 0 Å². The Morgan fingerprint density at radius 2 is 1.48 bits per heavy atom. The van der Waals surface area contributed by atoms with Gasteiger partial charge in [0.25, 0.3) is 0 Å². The zero-order valence-electron chi connectivity index (χ0n) is 11.3. The topological polar surface area (TPSA) is 50.2 Å². The number of nitrogens with zero attached hydrogens (tertiary/aromatic N) is 3. The Hall–Kier alpha value is -3.01. The fourth-order valence-electron chi connectivity index (χ4n) is 1.87. The highest BCUT2D eigenvalue weighted by molar-refractivity contribution is 5.79. The number of hydrazone groups is 1. The highest BCUT2D eigenvalue weighted by Gasteiger charge is 1.99. The van der Waals surface area contributed by atoms with Crippen molar-refractivity contribution in [3.05, 3.63) is 78.4 Å². The van der Waals surface area contributed by atoms with Gasteiger partial charge in [0.15, 0.2) is 5.82 Å². The van der Waals surface area contributed by atoms with Crippen LogP contribution in [0.15, 0.2) is 77.9 Å². The lowest BCUT2D eigenvalue weighted by Gasteiger charge is -2.01. The second-order valence-electron chi connectivity index (χ2n) is 4.45. The van der Waals surface area contributed by atoms with Crippen LogP contribution in [0.1, 0.15) is 5.56 Å². The highest BCUT2D eigenvalue weighted by atomic mass is 15.3. The predicted molar refractivity (Wildman–Crippen MR) is 85.1 cm³/mol.